The van der Waals surface area contributed by atoms with Gasteiger partial charge in [-0.1, -0.05) is 17.7 Å². The first-order valence-electron chi connectivity index (χ1n) is 10.3. The van der Waals surface area contributed by atoms with E-state index in [9.17, 15) is 14.3 Å². The molecule has 4 rings (SSSR count). The average Bonchev–Trinajstić information content (AvgIpc) is 2.81. The van der Waals surface area contributed by atoms with Gasteiger partial charge in [0.2, 0.25) is 5.95 Å². The van der Waals surface area contributed by atoms with Gasteiger partial charge in [0.15, 0.2) is 5.82 Å². The van der Waals surface area contributed by atoms with Crippen molar-refractivity contribution < 1.29 is 23.4 Å². The topological polar surface area (TPSA) is 99.6 Å². The minimum atomic E-state index is -0.882. The number of hydrogen-bond acceptors (Lipinski definition) is 8. The molecule has 1 aliphatic heterocycles. The minimum absolute atomic E-state index is 0. The van der Waals surface area contributed by atoms with Crippen molar-refractivity contribution in [3.63, 3.8) is 0 Å². The molecule has 0 amide bonds. The third kappa shape index (κ3) is 5.08. The van der Waals surface area contributed by atoms with E-state index in [0.717, 1.165) is 6.07 Å². The van der Waals surface area contributed by atoms with Crippen LogP contribution >= 0.6 is 24.0 Å². The van der Waals surface area contributed by atoms with Crippen molar-refractivity contribution in [2.75, 3.05) is 50.1 Å². The van der Waals surface area contributed by atoms with Gasteiger partial charge in [0.25, 0.3) is 0 Å². The molecule has 1 saturated heterocycles. The van der Waals surface area contributed by atoms with Gasteiger partial charge in [-0.3, -0.25) is 4.79 Å². The van der Waals surface area contributed by atoms with Crippen molar-refractivity contribution in [2.45, 2.75) is 6.42 Å². The predicted molar refractivity (Wildman–Crippen MR) is 129 cm³/mol. The normalized spacial score (nSPS) is 13.5. The number of hydrogen-bond donors (Lipinski definition) is 3. The fourth-order valence-corrected chi connectivity index (χ4v) is 4.03. The Hall–Kier alpha value is -2.95. The highest BCUT2D eigenvalue weighted by atomic mass is 35.5. The summed E-state index contributed by atoms with van der Waals surface area (Å²) < 4.78 is 35.0. The maximum Gasteiger partial charge on any atom is 0.307 e. The second kappa shape index (κ2) is 11.0. The Morgan fingerprint density at radius 1 is 1.26 bits per heavy atom. The highest BCUT2D eigenvalue weighted by Crippen LogP contribution is 2.42. The summed E-state index contributed by atoms with van der Waals surface area (Å²) in [5.74, 6) is -1.99. The van der Waals surface area contributed by atoms with Gasteiger partial charge in [-0.05, 0) is 18.2 Å². The molecule has 0 spiro atoms. The molecule has 0 radical (unpaired) electrons. The zero-order valence-electron chi connectivity index (χ0n) is 18.2. The van der Waals surface area contributed by atoms with Gasteiger partial charge >= 0.3 is 5.97 Å². The number of rotatable bonds is 6. The first-order chi connectivity index (χ1) is 15.9. The third-order valence-corrected chi connectivity index (χ3v) is 5.66. The number of carbonyl (C=O) groups excluding carboxylic acids is 1. The summed E-state index contributed by atoms with van der Waals surface area (Å²) in [4.78, 5) is 22.2. The lowest BCUT2D eigenvalue weighted by molar-refractivity contribution is -0.140. The summed E-state index contributed by atoms with van der Waals surface area (Å²) in [7, 11) is 1.29. The maximum atomic E-state index is 15.8. The summed E-state index contributed by atoms with van der Waals surface area (Å²) in [5, 5.41) is 16.6. The number of esters is 1. The first kappa shape index (κ1) is 25.7. The Kier molecular flexibility index (Phi) is 8.29. The molecule has 0 atom stereocenters. The molecule has 1 aliphatic rings. The van der Waals surface area contributed by atoms with Crippen LogP contribution < -0.4 is 15.5 Å². The number of phenols is 1. The molecule has 2 aromatic carbocycles. The lowest BCUT2D eigenvalue weighted by atomic mass is 10.0. The van der Waals surface area contributed by atoms with Crippen LogP contribution in [0.2, 0.25) is 5.02 Å². The van der Waals surface area contributed by atoms with Crippen molar-refractivity contribution in [1.82, 2.24) is 15.3 Å². The summed E-state index contributed by atoms with van der Waals surface area (Å²) >= 11 is 6.40. The molecule has 2 heterocycles. The standard InChI is InChI=1S/C22H22ClF2N5O3.ClH/c1-33-16(32)5-6-27-22-28-20-12(21(29-22)30-9-7-26-8-10-30)11-13(23)17(19(20)25)18-14(24)3-2-4-15(18)31;/h2-4,11,26,31H,5-10H2,1H3,(H,27,28,29);1H. The van der Waals surface area contributed by atoms with Crippen molar-refractivity contribution in [3.8, 4) is 16.9 Å². The predicted octanol–water partition coefficient (Wildman–Crippen LogP) is 3.74. The van der Waals surface area contributed by atoms with Gasteiger partial charge in [-0.2, -0.15) is 4.98 Å². The third-order valence-electron chi connectivity index (χ3n) is 5.36. The quantitative estimate of drug-likeness (QED) is 0.428. The van der Waals surface area contributed by atoms with Gasteiger partial charge in [0.05, 0.1) is 24.1 Å². The SMILES string of the molecule is COC(=O)CCNc1nc(N2CCNCC2)c2cc(Cl)c(-c3c(O)cccc3F)c(F)c2n1.Cl. The van der Waals surface area contributed by atoms with Crippen LogP contribution in [0.5, 0.6) is 5.75 Å². The Morgan fingerprint density at radius 3 is 2.68 bits per heavy atom. The van der Waals surface area contributed by atoms with Crippen molar-refractivity contribution >= 4 is 52.6 Å². The zero-order valence-corrected chi connectivity index (χ0v) is 19.8. The van der Waals surface area contributed by atoms with Gasteiger partial charge in [0, 0.05) is 43.7 Å². The van der Waals surface area contributed by atoms with E-state index in [-0.39, 0.29) is 53.0 Å². The molecular weight excluding hydrogens is 491 g/mol. The number of nitrogens with one attached hydrogen (secondary N) is 2. The molecule has 12 heteroatoms. The average molecular weight is 514 g/mol. The lowest BCUT2D eigenvalue weighted by Crippen LogP contribution is -2.44. The molecule has 8 nitrogen and oxygen atoms in total. The number of phenolic OH excluding ortho intramolecular Hbond substituents is 1. The summed E-state index contributed by atoms with van der Waals surface area (Å²) in [6.07, 6.45) is 0.0678. The van der Waals surface area contributed by atoms with Crippen molar-refractivity contribution in [2.24, 2.45) is 0 Å². The van der Waals surface area contributed by atoms with Crippen LogP contribution in [0.3, 0.4) is 0 Å². The molecule has 1 fully saturated rings. The van der Waals surface area contributed by atoms with E-state index in [1.165, 1.54) is 25.3 Å². The Labute approximate surface area is 205 Å². The monoisotopic (exact) mass is 513 g/mol. The van der Waals surface area contributed by atoms with Crippen LogP contribution in [0.4, 0.5) is 20.5 Å². The lowest BCUT2D eigenvalue weighted by Gasteiger charge is -2.29. The Morgan fingerprint density at radius 2 is 2.00 bits per heavy atom. The fourth-order valence-electron chi connectivity index (χ4n) is 3.74. The number of piperazine rings is 1. The van der Waals surface area contributed by atoms with Crippen molar-refractivity contribution in [3.05, 3.63) is 40.9 Å². The molecule has 1 aromatic heterocycles. The minimum Gasteiger partial charge on any atom is -0.507 e. The van der Waals surface area contributed by atoms with E-state index in [1.807, 2.05) is 4.90 Å². The second-order valence-corrected chi connectivity index (χ2v) is 7.85. The number of aromatic nitrogens is 2. The number of benzene rings is 2. The fraction of sp³-hybridized carbons (Fsp3) is 0.318. The van der Waals surface area contributed by atoms with Crippen LogP contribution in [0.1, 0.15) is 6.42 Å². The zero-order chi connectivity index (χ0) is 23.5. The summed E-state index contributed by atoms with van der Waals surface area (Å²) in [5.41, 5.74) is -0.712. The van der Waals surface area contributed by atoms with E-state index in [0.29, 0.717) is 37.4 Å². The van der Waals surface area contributed by atoms with Gasteiger partial charge in [-0.15, -0.1) is 12.4 Å². The molecule has 3 N–H and O–H groups in total. The second-order valence-electron chi connectivity index (χ2n) is 7.44. The van der Waals surface area contributed by atoms with Gasteiger partial charge in [0.1, 0.15) is 22.9 Å². The number of anilines is 2. The molecule has 182 valence electrons. The molecule has 0 saturated carbocycles. The first-order valence-corrected chi connectivity index (χ1v) is 10.7. The summed E-state index contributed by atoms with van der Waals surface area (Å²) in [6, 6.07) is 5.16. The molecule has 0 aliphatic carbocycles. The van der Waals surface area contributed by atoms with Crippen LogP contribution in [-0.4, -0.2) is 60.9 Å². The van der Waals surface area contributed by atoms with E-state index >= 15 is 4.39 Å². The van der Waals surface area contributed by atoms with E-state index < -0.39 is 23.4 Å². The van der Waals surface area contributed by atoms with Crippen molar-refractivity contribution in [1.29, 1.82) is 0 Å². The number of fused-ring (bicyclic) bond motifs is 1. The maximum absolute atomic E-state index is 15.8. The Bertz CT molecular complexity index is 1190. The number of aromatic hydroxyl groups is 1. The number of nitrogens with zero attached hydrogens (tertiary/aromatic N) is 3. The molecule has 3 aromatic rings. The smallest absolute Gasteiger partial charge is 0.307 e. The molecule has 34 heavy (non-hydrogen) atoms. The molecule has 0 bridgehead atoms. The highest BCUT2D eigenvalue weighted by molar-refractivity contribution is 6.34. The van der Waals surface area contributed by atoms with Gasteiger partial charge < -0.3 is 25.4 Å². The molecular formula is C22H23Cl2F2N5O3. The van der Waals surface area contributed by atoms with Crippen LogP contribution in [-0.2, 0) is 9.53 Å². The Balaban J connectivity index is 0.00000324. The number of methoxy groups -OCH3 is 1. The van der Waals surface area contributed by atoms with Crippen LogP contribution in [0.15, 0.2) is 24.3 Å². The molecule has 0 unspecified atom stereocenters. The summed E-state index contributed by atoms with van der Waals surface area (Å²) in [6.45, 7) is 2.86. The van der Waals surface area contributed by atoms with Crippen LogP contribution in [0.25, 0.3) is 22.0 Å². The number of ether oxygens (including phenoxy) is 1. The van der Waals surface area contributed by atoms with Crippen LogP contribution in [0, 0.1) is 11.6 Å². The number of halogens is 4. The largest absolute Gasteiger partial charge is 0.507 e. The van der Waals surface area contributed by atoms with Gasteiger partial charge in [-0.25, -0.2) is 13.8 Å². The van der Waals surface area contributed by atoms with E-state index in [4.69, 9.17) is 11.6 Å². The van der Waals surface area contributed by atoms with E-state index in [1.54, 1.807) is 0 Å². The highest BCUT2D eigenvalue weighted by Gasteiger charge is 2.25. The van der Waals surface area contributed by atoms with E-state index in [2.05, 4.69) is 25.3 Å². The number of carbonyl (C=O) groups is 1.